The fourth-order valence-electron chi connectivity index (χ4n) is 2.75. The van der Waals surface area contributed by atoms with E-state index in [2.05, 4.69) is 16.7 Å². The molecule has 0 amide bonds. The molecule has 118 valence electrons. The largest absolute Gasteiger partial charge is 0.463 e. The van der Waals surface area contributed by atoms with Gasteiger partial charge in [-0.2, -0.15) is 5.26 Å². The third-order valence-electron chi connectivity index (χ3n) is 3.84. The normalized spacial score (nSPS) is 21.0. The highest BCUT2D eigenvalue weighted by molar-refractivity contribution is 7.80. The van der Waals surface area contributed by atoms with Crippen LogP contribution in [0.5, 0.6) is 0 Å². The first kappa shape index (κ1) is 16.3. The van der Waals surface area contributed by atoms with E-state index < -0.39 is 0 Å². The Morgan fingerprint density at radius 3 is 2.77 bits per heavy atom. The summed E-state index contributed by atoms with van der Waals surface area (Å²) >= 11 is 4.82. The minimum Gasteiger partial charge on any atom is -0.463 e. The topological polar surface area (TPSA) is 100 Å². The lowest BCUT2D eigenvalue weighted by Gasteiger charge is -2.29. The molecule has 0 saturated heterocycles. The standard InChI is InChI=1S/C15H20N4O2S/c1-3-21-14(20)13-11(7-18-15(17)22)19-8(2)10(6-16)12(13)9-4-5-9/h9,12,19H,3-5,7H2,1-2H3,(H3,17,18,22)/t12-/m0/s1. The summed E-state index contributed by atoms with van der Waals surface area (Å²) in [5, 5.41) is 15.6. The number of esters is 1. The van der Waals surface area contributed by atoms with Gasteiger partial charge in [-0.3, -0.25) is 0 Å². The molecule has 0 aromatic carbocycles. The van der Waals surface area contributed by atoms with Crippen LogP contribution in [-0.4, -0.2) is 24.2 Å². The molecule has 1 saturated carbocycles. The summed E-state index contributed by atoms with van der Waals surface area (Å²) < 4.78 is 5.19. The summed E-state index contributed by atoms with van der Waals surface area (Å²) in [5.74, 6) is -0.258. The predicted molar refractivity (Wildman–Crippen MR) is 86.1 cm³/mol. The summed E-state index contributed by atoms with van der Waals surface area (Å²) in [6.45, 7) is 4.21. The van der Waals surface area contributed by atoms with Crippen molar-refractivity contribution in [3.63, 3.8) is 0 Å². The van der Waals surface area contributed by atoms with E-state index in [9.17, 15) is 10.1 Å². The van der Waals surface area contributed by atoms with Crippen LogP contribution in [0.3, 0.4) is 0 Å². The third kappa shape index (κ3) is 3.39. The lowest BCUT2D eigenvalue weighted by Crippen LogP contribution is -2.39. The highest BCUT2D eigenvalue weighted by Gasteiger charge is 2.43. The average Bonchev–Trinajstić information content (AvgIpc) is 3.28. The SMILES string of the molecule is CCOC(=O)C1=C(CNC(N)=S)NC(C)=C(C#N)[C@@H]1C1CC1. The molecule has 0 radical (unpaired) electrons. The zero-order valence-electron chi connectivity index (χ0n) is 12.7. The van der Waals surface area contributed by atoms with E-state index in [0.29, 0.717) is 35.9 Å². The molecule has 6 nitrogen and oxygen atoms in total. The van der Waals surface area contributed by atoms with Crippen molar-refractivity contribution in [1.82, 2.24) is 10.6 Å². The number of ether oxygens (including phenoxy) is 1. The monoisotopic (exact) mass is 320 g/mol. The highest BCUT2D eigenvalue weighted by Crippen LogP contribution is 2.47. The summed E-state index contributed by atoms with van der Waals surface area (Å²) in [5.41, 5.74) is 8.06. The van der Waals surface area contributed by atoms with Crippen molar-refractivity contribution in [2.75, 3.05) is 13.2 Å². The van der Waals surface area contributed by atoms with E-state index in [1.54, 1.807) is 6.92 Å². The minimum atomic E-state index is -0.383. The molecule has 22 heavy (non-hydrogen) atoms. The lowest BCUT2D eigenvalue weighted by atomic mass is 9.82. The van der Waals surface area contributed by atoms with Crippen LogP contribution in [0.2, 0.25) is 0 Å². The van der Waals surface area contributed by atoms with Crippen molar-refractivity contribution in [2.45, 2.75) is 26.7 Å². The molecule has 2 aliphatic rings. The number of hydrogen-bond donors (Lipinski definition) is 3. The maximum Gasteiger partial charge on any atom is 0.336 e. The molecule has 2 rings (SSSR count). The van der Waals surface area contributed by atoms with Crippen molar-refractivity contribution in [2.24, 2.45) is 17.6 Å². The zero-order chi connectivity index (χ0) is 16.3. The number of carbonyl (C=O) groups is 1. The molecule has 7 heteroatoms. The first-order valence-electron chi connectivity index (χ1n) is 7.30. The lowest BCUT2D eigenvalue weighted by molar-refractivity contribution is -0.139. The molecule has 1 fully saturated rings. The zero-order valence-corrected chi connectivity index (χ0v) is 13.5. The van der Waals surface area contributed by atoms with Gasteiger partial charge in [-0.15, -0.1) is 0 Å². The summed E-state index contributed by atoms with van der Waals surface area (Å²) in [6.07, 6.45) is 2.03. The van der Waals surface area contributed by atoms with E-state index in [4.69, 9.17) is 22.7 Å². The molecule has 1 aliphatic heterocycles. The van der Waals surface area contributed by atoms with Gasteiger partial charge >= 0.3 is 5.97 Å². The number of dihydropyridines is 1. The molecule has 0 spiro atoms. The minimum absolute atomic E-state index is 0.160. The van der Waals surface area contributed by atoms with Crippen molar-refractivity contribution in [1.29, 1.82) is 5.26 Å². The van der Waals surface area contributed by atoms with Crippen LogP contribution in [0, 0.1) is 23.2 Å². The van der Waals surface area contributed by atoms with Gasteiger partial charge < -0.3 is 21.1 Å². The number of allylic oxidation sites excluding steroid dienone is 2. The predicted octanol–water partition coefficient (Wildman–Crippen LogP) is 1.06. The fourth-order valence-corrected chi connectivity index (χ4v) is 2.83. The van der Waals surface area contributed by atoms with E-state index >= 15 is 0 Å². The van der Waals surface area contributed by atoms with E-state index in [1.165, 1.54) is 0 Å². The number of carbonyl (C=O) groups excluding carboxylic acids is 1. The molecule has 1 heterocycles. The second kappa shape index (κ2) is 6.79. The Kier molecular flexibility index (Phi) is 5.03. The number of nitrogens with one attached hydrogen (secondary N) is 2. The van der Waals surface area contributed by atoms with Gasteiger partial charge in [0.05, 0.1) is 30.4 Å². The van der Waals surface area contributed by atoms with E-state index in [0.717, 1.165) is 18.5 Å². The summed E-state index contributed by atoms with van der Waals surface area (Å²) in [4.78, 5) is 12.4. The van der Waals surface area contributed by atoms with Gasteiger partial charge in [0, 0.05) is 17.3 Å². The Bertz CT molecular complexity index is 599. The van der Waals surface area contributed by atoms with Gasteiger partial charge in [0.25, 0.3) is 0 Å². The average molecular weight is 320 g/mol. The fraction of sp³-hybridized carbons (Fsp3) is 0.533. The van der Waals surface area contributed by atoms with Crippen molar-refractivity contribution in [3.8, 4) is 6.07 Å². The maximum absolute atomic E-state index is 12.4. The number of nitriles is 1. The second-order valence-corrected chi connectivity index (χ2v) is 5.86. The quantitative estimate of drug-likeness (QED) is 0.514. The van der Waals surface area contributed by atoms with E-state index in [1.807, 2.05) is 6.92 Å². The number of thiocarbonyl (C=S) groups is 1. The van der Waals surface area contributed by atoms with Crippen molar-refractivity contribution < 1.29 is 9.53 Å². The van der Waals surface area contributed by atoms with Crippen LogP contribution in [0.25, 0.3) is 0 Å². The molecule has 1 aliphatic carbocycles. The van der Waals surface area contributed by atoms with Crippen molar-refractivity contribution >= 4 is 23.3 Å². The molecule has 4 N–H and O–H groups in total. The van der Waals surface area contributed by atoms with Crippen LogP contribution >= 0.6 is 12.2 Å². The number of nitrogens with two attached hydrogens (primary N) is 1. The molecular weight excluding hydrogens is 300 g/mol. The first-order chi connectivity index (χ1) is 10.5. The number of nitrogens with zero attached hydrogens (tertiary/aromatic N) is 1. The molecule has 0 unspecified atom stereocenters. The Labute approximate surface area is 135 Å². The van der Waals surface area contributed by atoms with Gasteiger partial charge in [-0.25, -0.2) is 4.79 Å². The van der Waals surface area contributed by atoms with Crippen LogP contribution in [0.4, 0.5) is 0 Å². The van der Waals surface area contributed by atoms with Gasteiger partial charge in [0.15, 0.2) is 5.11 Å². The molecule has 0 aromatic rings. The van der Waals surface area contributed by atoms with Gasteiger partial charge in [0.1, 0.15) is 0 Å². The number of hydrogen-bond acceptors (Lipinski definition) is 5. The summed E-state index contributed by atoms with van der Waals surface area (Å²) in [7, 11) is 0. The highest BCUT2D eigenvalue weighted by atomic mass is 32.1. The van der Waals surface area contributed by atoms with Crippen molar-refractivity contribution in [3.05, 3.63) is 22.5 Å². The molecule has 1 atom stereocenters. The smallest absolute Gasteiger partial charge is 0.336 e. The van der Waals surface area contributed by atoms with Crippen LogP contribution in [-0.2, 0) is 9.53 Å². The Morgan fingerprint density at radius 2 is 2.27 bits per heavy atom. The summed E-state index contributed by atoms with van der Waals surface area (Å²) in [6, 6.07) is 2.24. The van der Waals surface area contributed by atoms with Gasteiger partial charge in [-0.1, -0.05) is 0 Å². The Morgan fingerprint density at radius 1 is 1.59 bits per heavy atom. The van der Waals surface area contributed by atoms with Gasteiger partial charge in [-0.05, 0) is 44.8 Å². The molecular formula is C15H20N4O2S. The number of rotatable bonds is 5. The Hall–Kier alpha value is -2.07. The third-order valence-corrected chi connectivity index (χ3v) is 3.98. The van der Waals surface area contributed by atoms with Crippen LogP contribution in [0.1, 0.15) is 26.7 Å². The van der Waals surface area contributed by atoms with Crippen LogP contribution < -0.4 is 16.4 Å². The second-order valence-electron chi connectivity index (χ2n) is 5.42. The maximum atomic E-state index is 12.4. The van der Waals surface area contributed by atoms with E-state index in [-0.39, 0.29) is 17.0 Å². The van der Waals surface area contributed by atoms with Crippen LogP contribution in [0.15, 0.2) is 22.5 Å². The van der Waals surface area contributed by atoms with Gasteiger partial charge in [0.2, 0.25) is 0 Å². The first-order valence-corrected chi connectivity index (χ1v) is 7.71. The Balaban J connectivity index is 2.41. The molecule has 0 aromatic heterocycles. The molecule has 0 bridgehead atoms.